The Morgan fingerprint density at radius 1 is 1.06 bits per heavy atom. The molecule has 1 aromatic heterocycles. The number of aromatic amines is 1. The molecule has 0 aliphatic carbocycles. The highest BCUT2D eigenvalue weighted by Crippen LogP contribution is 2.22. The molecular weight excluding hydrogens is 432 g/mol. The van der Waals surface area contributed by atoms with Crippen LogP contribution in [0.3, 0.4) is 0 Å². The van der Waals surface area contributed by atoms with Crippen LogP contribution in [0.2, 0.25) is 0 Å². The van der Waals surface area contributed by atoms with Crippen LogP contribution in [0.15, 0.2) is 58.3 Å². The molecule has 1 aliphatic rings. The number of ether oxygens (including phenoxy) is 1. The highest BCUT2D eigenvalue weighted by Gasteiger charge is 2.25. The minimum atomic E-state index is -0.484. The van der Waals surface area contributed by atoms with Crippen LogP contribution in [0.4, 0.5) is 10.5 Å². The predicted octanol–water partition coefficient (Wildman–Crippen LogP) is 4.04. The number of amides is 1. The van der Waals surface area contributed by atoms with Gasteiger partial charge in [-0.3, -0.25) is 19.7 Å². The first-order valence-electron chi connectivity index (χ1n) is 11.4. The fourth-order valence-corrected chi connectivity index (χ4v) is 3.92. The van der Waals surface area contributed by atoms with E-state index in [1.54, 1.807) is 29.3 Å². The van der Waals surface area contributed by atoms with Gasteiger partial charge in [-0.25, -0.2) is 4.79 Å². The topological polar surface area (TPSA) is 98.2 Å². The number of fused-ring (bicyclic) bond motifs is 1. The van der Waals surface area contributed by atoms with Gasteiger partial charge in [-0.15, -0.1) is 0 Å². The van der Waals surface area contributed by atoms with Crippen molar-refractivity contribution in [2.75, 3.05) is 26.2 Å². The van der Waals surface area contributed by atoms with Gasteiger partial charge in [-0.1, -0.05) is 30.3 Å². The predicted molar refractivity (Wildman–Crippen MR) is 133 cm³/mol. The minimum Gasteiger partial charge on any atom is -0.494 e. The second-order valence-electron chi connectivity index (χ2n) is 9.43. The molecule has 4 rings (SSSR count). The maximum Gasteiger partial charge on any atom is 0.410 e. The van der Waals surface area contributed by atoms with Gasteiger partial charge >= 0.3 is 6.09 Å². The van der Waals surface area contributed by atoms with Crippen molar-refractivity contribution >= 4 is 28.8 Å². The van der Waals surface area contributed by atoms with Crippen LogP contribution in [0, 0.1) is 0 Å². The van der Waals surface area contributed by atoms with Crippen LogP contribution in [-0.2, 0) is 11.3 Å². The fourth-order valence-electron chi connectivity index (χ4n) is 3.92. The Bertz CT molecular complexity index is 1250. The standard InChI is InChI=1S/C26H30N4O4/c1-26(2,3)34-25(33)30-14-12-29(13-15-30)17-18-8-10-19(11-9-18)27-16-22-20-6-4-5-7-21(20)23(31)28-24(22)32/h4-11,16H,12-15,17H2,1-3H3,(H2,28,31,32). The van der Waals surface area contributed by atoms with Crippen molar-refractivity contribution in [3.05, 3.63) is 70.0 Å². The monoisotopic (exact) mass is 462 g/mol. The number of hydrogen-bond acceptors (Lipinski definition) is 6. The second kappa shape index (κ2) is 9.69. The van der Waals surface area contributed by atoms with Crippen molar-refractivity contribution in [2.45, 2.75) is 32.9 Å². The SMILES string of the molecule is CC(C)(C)OC(=O)N1CCN(Cc2ccc(N=Cc3c(O)[nH]c(=O)c4ccccc34)cc2)CC1. The Kier molecular flexibility index (Phi) is 6.70. The number of benzene rings is 2. The van der Waals surface area contributed by atoms with Gasteiger partial charge < -0.3 is 14.7 Å². The molecule has 0 unspecified atom stereocenters. The third-order valence-corrected chi connectivity index (χ3v) is 5.66. The van der Waals surface area contributed by atoms with Crippen molar-refractivity contribution < 1.29 is 14.6 Å². The van der Waals surface area contributed by atoms with Gasteiger partial charge in [-0.2, -0.15) is 0 Å². The average Bonchev–Trinajstić information content (AvgIpc) is 2.79. The van der Waals surface area contributed by atoms with E-state index < -0.39 is 5.60 Å². The molecule has 8 heteroatoms. The fraction of sp³-hybridized carbons (Fsp3) is 0.346. The van der Waals surface area contributed by atoms with Crippen LogP contribution < -0.4 is 5.56 Å². The number of aliphatic imine (C=N–C) groups is 1. The van der Waals surface area contributed by atoms with Gasteiger partial charge in [0, 0.05) is 49.7 Å². The lowest BCUT2D eigenvalue weighted by atomic mass is 10.1. The molecule has 8 nitrogen and oxygen atoms in total. The highest BCUT2D eigenvalue weighted by atomic mass is 16.6. The average molecular weight is 463 g/mol. The summed E-state index contributed by atoms with van der Waals surface area (Å²) in [5, 5.41) is 11.4. The number of pyridine rings is 1. The Morgan fingerprint density at radius 2 is 1.71 bits per heavy atom. The molecule has 2 aromatic carbocycles. The molecule has 0 radical (unpaired) electrons. The first kappa shape index (κ1) is 23.5. The van der Waals surface area contributed by atoms with E-state index in [1.165, 1.54) is 0 Å². The van der Waals surface area contributed by atoms with Crippen molar-refractivity contribution in [2.24, 2.45) is 4.99 Å². The smallest absolute Gasteiger partial charge is 0.410 e. The summed E-state index contributed by atoms with van der Waals surface area (Å²) in [5.41, 5.74) is 1.56. The Morgan fingerprint density at radius 3 is 2.35 bits per heavy atom. The van der Waals surface area contributed by atoms with Gasteiger partial charge in [0.2, 0.25) is 5.88 Å². The molecule has 0 bridgehead atoms. The van der Waals surface area contributed by atoms with Crippen LogP contribution in [0.1, 0.15) is 31.9 Å². The molecule has 1 aliphatic heterocycles. The molecular formula is C26H30N4O4. The summed E-state index contributed by atoms with van der Waals surface area (Å²) in [7, 11) is 0. The summed E-state index contributed by atoms with van der Waals surface area (Å²) in [6, 6.07) is 15.0. The van der Waals surface area contributed by atoms with E-state index in [1.807, 2.05) is 51.1 Å². The zero-order chi connectivity index (χ0) is 24.3. The van der Waals surface area contributed by atoms with Gasteiger partial charge in [0.1, 0.15) is 5.60 Å². The van der Waals surface area contributed by atoms with Crippen molar-refractivity contribution in [1.82, 2.24) is 14.8 Å². The zero-order valence-corrected chi connectivity index (χ0v) is 19.7. The molecule has 34 heavy (non-hydrogen) atoms. The number of nitrogens with one attached hydrogen (secondary N) is 1. The number of aromatic nitrogens is 1. The van der Waals surface area contributed by atoms with E-state index >= 15 is 0 Å². The third-order valence-electron chi connectivity index (χ3n) is 5.66. The summed E-state index contributed by atoms with van der Waals surface area (Å²) >= 11 is 0. The number of rotatable bonds is 4. The van der Waals surface area contributed by atoms with Crippen LogP contribution in [0.25, 0.3) is 10.8 Å². The molecule has 0 spiro atoms. The Labute approximate surface area is 198 Å². The van der Waals surface area contributed by atoms with E-state index in [9.17, 15) is 14.7 Å². The molecule has 0 atom stereocenters. The molecule has 2 N–H and O–H groups in total. The summed E-state index contributed by atoms with van der Waals surface area (Å²) in [6.45, 7) is 9.29. The first-order valence-corrected chi connectivity index (χ1v) is 11.4. The maximum atomic E-state index is 12.2. The van der Waals surface area contributed by atoms with Crippen LogP contribution >= 0.6 is 0 Å². The molecule has 0 saturated carbocycles. The summed E-state index contributed by atoms with van der Waals surface area (Å²) < 4.78 is 5.46. The number of nitrogens with zero attached hydrogens (tertiary/aromatic N) is 3. The van der Waals surface area contributed by atoms with E-state index in [4.69, 9.17) is 4.74 Å². The molecule has 1 amide bonds. The third kappa shape index (κ3) is 5.63. The molecule has 3 aromatic rings. The lowest BCUT2D eigenvalue weighted by molar-refractivity contribution is 0.0139. The quantitative estimate of drug-likeness (QED) is 0.571. The van der Waals surface area contributed by atoms with Crippen molar-refractivity contribution in [3.63, 3.8) is 0 Å². The first-order chi connectivity index (χ1) is 16.2. The minimum absolute atomic E-state index is 0.199. The van der Waals surface area contributed by atoms with Gasteiger partial charge in [-0.05, 0) is 44.5 Å². The number of carbonyl (C=O) groups is 1. The van der Waals surface area contributed by atoms with Gasteiger partial charge in [0.15, 0.2) is 0 Å². The van der Waals surface area contributed by atoms with Gasteiger partial charge in [0.25, 0.3) is 5.56 Å². The second-order valence-corrected chi connectivity index (χ2v) is 9.43. The van der Waals surface area contributed by atoms with E-state index in [0.717, 1.165) is 30.9 Å². The summed E-state index contributed by atoms with van der Waals surface area (Å²) in [4.78, 5) is 35.3. The lowest BCUT2D eigenvalue weighted by Gasteiger charge is -2.35. The summed E-state index contributed by atoms with van der Waals surface area (Å²) in [5.74, 6) is -0.199. The Balaban J connectivity index is 1.37. The summed E-state index contributed by atoms with van der Waals surface area (Å²) in [6.07, 6.45) is 1.31. The molecule has 1 saturated heterocycles. The van der Waals surface area contributed by atoms with Gasteiger partial charge in [0.05, 0.1) is 11.3 Å². The number of aromatic hydroxyl groups is 1. The number of hydrogen-bond donors (Lipinski definition) is 2. The highest BCUT2D eigenvalue weighted by molar-refractivity contribution is 6.01. The number of carbonyl (C=O) groups excluding carboxylic acids is 1. The Hall–Kier alpha value is -3.65. The van der Waals surface area contributed by atoms with Crippen LogP contribution in [0.5, 0.6) is 5.88 Å². The molecule has 178 valence electrons. The molecule has 1 fully saturated rings. The molecule has 2 heterocycles. The maximum absolute atomic E-state index is 12.2. The van der Waals surface area contributed by atoms with E-state index in [2.05, 4.69) is 14.9 Å². The lowest BCUT2D eigenvalue weighted by Crippen LogP contribution is -2.49. The normalized spacial score (nSPS) is 15.2. The van der Waals surface area contributed by atoms with Crippen LogP contribution in [-0.4, -0.2) is 64.0 Å². The van der Waals surface area contributed by atoms with E-state index in [0.29, 0.717) is 29.4 Å². The van der Waals surface area contributed by atoms with E-state index in [-0.39, 0.29) is 17.5 Å². The largest absolute Gasteiger partial charge is 0.494 e. The number of H-pyrrole nitrogens is 1. The van der Waals surface area contributed by atoms with Crippen molar-refractivity contribution in [3.8, 4) is 5.88 Å². The van der Waals surface area contributed by atoms with Crippen molar-refractivity contribution in [1.29, 1.82) is 0 Å². The number of piperazine rings is 1. The zero-order valence-electron chi connectivity index (χ0n) is 19.7.